The van der Waals surface area contributed by atoms with Crippen LogP contribution in [0.5, 0.6) is 5.75 Å². The number of aromatic amines is 1. The number of aryl methyl sites for hydroxylation is 1. The van der Waals surface area contributed by atoms with Gasteiger partial charge in [0.05, 0.1) is 12.6 Å². The van der Waals surface area contributed by atoms with Crippen molar-refractivity contribution in [3.63, 3.8) is 0 Å². The highest BCUT2D eigenvalue weighted by Crippen LogP contribution is 2.41. The number of methoxy groups -OCH3 is 1. The fourth-order valence-electron chi connectivity index (χ4n) is 4.08. The third-order valence-electron chi connectivity index (χ3n) is 5.77. The molecule has 0 saturated carbocycles. The zero-order chi connectivity index (χ0) is 24.6. The van der Waals surface area contributed by atoms with Gasteiger partial charge in [-0.3, -0.25) is 4.79 Å². The van der Waals surface area contributed by atoms with E-state index >= 15 is 0 Å². The molecule has 0 radical (unpaired) electrons. The van der Waals surface area contributed by atoms with E-state index in [0.717, 1.165) is 44.3 Å². The van der Waals surface area contributed by atoms with Crippen LogP contribution in [0.25, 0.3) is 32.1 Å². The van der Waals surface area contributed by atoms with Crippen molar-refractivity contribution in [2.24, 2.45) is 0 Å². The van der Waals surface area contributed by atoms with Crippen LogP contribution in [0.3, 0.4) is 0 Å². The minimum absolute atomic E-state index is 0.0684. The number of aromatic nitrogens is 1. The Kier molecular flexibility index (Phi) is 6.41. The standard InChI is InChI=1S/C27H30N2O4S/c1-16-15-20(32-6)21(22-19-12-14-34-24(19)25(30)28-23(16)22)18-9-7-17(8-10-18)11-13-29(5)26(31)33-27(2,3)4/h7-10,12,14-15H,11,13H2,1-6H3,(H,28,30). The Morgan fingerprint density at radius 1 is 1.15 bits per heavy atom. The Hall–Kier alpha value is -3.32. The maximum Gasteiger partial charge on any atom is 0.410 e. The smallest absolute Gasteiger partial charge is 0.410 e. The van der Waals surface area contributed by atoms with Crippen LogP contribution in [-0.2, 0) is 11.2 Å². The summed E-state index contributed by atoms with van der Waals surface area (Å²) in [5, 5.41) is 3.87. The van der Waals surface area contributed by atoms with Crippen LogP contribution < -0.4 is 10.3 Å². The monoisotopic (exact) mass is 478 g/mol. The summed E-state index contributed by atoms with van der Waals surface area (Å²) >= 11 is 1.44. The molecule has 0 aliphatic rings. The Morgan fingerprint density at radius 3 is 2.50 bits per heavy atom. The molecule has 7 heteroatoms. The van der Waals surface area contributed by atoms with Crippen molar-refractivity contribution in [3.05, 3.63) is 63.3 Å². The Labute approximate surface area is 203 Å². The molecule has 4 rings (SSSR count). The highest BCUT2D eigenvalue weighted by atomic mass is 32.1. The van der Waals surface area contributed by atoms with Gasteiger partial charge in [-0.25, -0.2) is 4.79 Å². The number of likely N-dealkylation sites (N-methyl/N-ethyl adjacent to an activating group) is 1. The fraction of sp³-hybridized carbons (Fsp3) is 0.333. The van der Waals surface area contributed by atoms with Crippen LogP contribution in [0.15, 0.2) is 46.6 Å². The summed E-state index contributed by atoms with van der Waals surface area (Å²) in [5.41, 5.74) is 4.29. The van der Waals surface area contributed by atoms with E-state index < -0.39 is 5.60 Å². The molecule has 0 aliphatic carbocycles. The number of carbonyl (C=O) groups is 1. The predicted octanol–water partition coefficient (Wildman–Crippen LogP) is 6.14. The summed E-state index contributed by atoms with van der Waals surface area (Å²) in [4.78, 5) is 29.5. The minimum atomic E-state index is -0.513. The number of fused-ring (bicyclic) bond motifs is 3. The molecule has 1 amide bonds. The van der Waals surface area contributed by atoms with E-state index in [4.69, 9.17) is 9.47 Å². The van der Waals surface area contributed by atoms with Gasteiger partial charge in [0, 0.05) is 29.9 Å². The quantitative estimate of drug-likeness (QED) is 0.374. The molecule has 0 unspecified atom stereocenters. The van der Waals surface area contributed by atoms with Gasteiger partial charge >= 0.3 is 6.09 Å². The first-order chi connectivity index (χ1) is 16.1. The Balaban J connectivity index is 1.68. The van der Waals surface area contributed by atoms with Crippen molar-refractivity contribution in [3.8, 4) is 16.9 Å². The molecule has 0 bridgehead atoms. The van der Waals surface area contributed by atoms with E-state index in [2.05, 4.69) is 29.2 Å². The Morgan fingerprint density at radius 2 is 1.85 bits per heavy atom. The van der Waals surface area contributed by atoms with E-state index in [-0.39, 0.29) is 11.7 Å². The summed E-state index contributed by atoms with van der Waals surface area (Å²) in [6.45, 7) is 8.12. The first-order valence-electron chi connectivity index (χ1n) is 11.2. The zero-order valence-electron chi connectivity index (χ0n) is 20.4. The van der Waals surface area contributed by atoms with Crippen LogP contribution in [0.4, 0.5) is 4.79 Å². The van der Waals surface area contributed by atoms with Crippen molar-refractivity contribution in [2.45, 2.75) is 39.7 Å². The number of hydrogen-bond donors (Lipinski definition) is 1. The lowest BCUT2D eigenvalue weighted by Gasteiger charge is -2.24. The van der Waals surface area contributed by atoms with E-state index in [9.17, 15) is 9.59 Å². The molecular formula is C27H30N2O4S. The molecule has 2 heterocycles. The maximum absolute atomic E-state index is 12.6. The largest absolute Gasteiger partial charge is 0.496 e. The van der Waals surface area contributed by atoms with E-state index in [1.54, 1.807) is 19.1 Å². The van der Waals surface area contributed by atoms with E-state index in [1.807, 2.05) is 45.2 Å². The molecule has 0 aliphatic heterocycles. The molecule has 0 atom stereocenters. The molecule has 4 aromatic rings. The van der Waals surface area contributed by atoms with Gasteiger partial charge in [0.1, 0.15) is 16.1 Å². The number of H-pyrrole nitrogens is 1. The number of nitrogens with zero attached hydrogens (tertiary/aromatic N) is 1. The third kappa shape index (κ3) is 4.66. The average molecular weight is 479 g/mol. The summed E-state index contributed by atoms with van der Waals surface area (Å²) in [7, 11) is 3.42. The zero-order valence-corrected chi connectivity index (χ0v) is 21.3. The number of hydrogen-bond acceptors (Lipinski definition) is 5. The van der Waals surface area contributed by atoms with Gasteiger partial charge in [-0.2, -0.15) is 0 Å². The Bertz CT molecular complexity index is 1410. The summed E-state index contributed by atoms with van der Waals surface area (Å²) in [6, 6.07) is 12.2. The van der Waals surface area contributed by atoms with Gasteiger partial charge in [0.15, 0.2) is 0 Å². The topological polar surface area (TPSA) is 71.6 Å². The van der Waals surface area contributed by atoms with Gasteiger partial charge in [0.2, 0.25) is 0 Å². The molecule has 34 heavy (non-hydrogen) atoms. The van der Waals surface area contributed by atoms with Crippen molar-refractivity contribution >= 4 is 38.4 Å². The molecule has 0 saturated heterocycles. The second-order valence-corrected chi connectivity index (χ2v) is 10.4. The molecule has 2 aromatic carbocycles. The molecule has 1 N–H and O–H groups in total. The van der Waals surface area contributed by atoms with Gasteiger partial charge in [-0.15, -0.1) is 11.3 Å². The van der Waals surface area contributed by atoms with Crippen LogP contribution in [0.1, 0.15) is 31.9 Å². The number of benzene rings is 2. The number of pyridine rings is 1. The number of carbonyl (C=O) groups excluding carboxylic acids is 1. The van der Waals surface area contributed by atoms with Crippen LogP contribution in [0.2, 0.25) is 0 Å². The lowest BCUT2D eigenvalue weighted by molar-refractivity contribution is 0.0301. The number of ether oxygens (including phenoxy) is 2. The predicted molar refractivity (Wildman–Crippen MR) is 139 cm³/mol. The normalized spacial score (nSPS) is 11.7. The fourth-order valence-corrected chi connectivity index (χ4v) is 4.88. The van der Waals surface area contributed by atoms with Crippen molar-refractivity contribution in [2.75, 3.05) is 20.7 Å². The average Bonchev–Trinajstić information content (AvgIpc) is 3.28. The lowest BCUT2D eigenvalue weighted by atomic mass is 9.94. The summed E-state index contributed by atoms with van der Waals surface area (Å²) in [6.07, 6.45) is 0.387. The van der Waals surface area contributed by atoms with Gasteiger partial charge < -0.3 is 19.4 Å². The highest BCUT2D eigenvalue weighted by Gasteiger charge is 2.20. The highest BCUT2D eigenvalue weighted by molar-refractivity contribution is 7.17. The number of thiophene rings is 1. The second-order valence-electron chi connectivity index (χ2n) is 9.49. The van der Waals surface area contributed by atoms with Crippen LogP contribution in [0, 0.1) is 6.92 Å². The number of rotatable bonds is 5. The van der Waals surface area contributed by atoms with Gasteiger partial charge in [0.25, 0.3) is 5.56 Å². The minimum Gasteiger partial charge on any atom is -0.496 e. The molecular weight excluding hydrogens is 448 g/mol. The molecule has 2 aromatic heterocycles. The summed E-state index contributed by atoms with van der Waals surface area (Å²) in [5.74, 6) is 0.766. The van der Waals surface area contributed by atoms with E-state index in [1.165, 1.54) is 11.3 Å². The number of amides is 1. The van der Waals surface area contributed by atoms with Gasteiger partial charge in [-0.05, 0) is 68.3 Å². The first kappa shape index (κ1) is 23.8. The van der Waals surface area contributed by atoms with E-state index in [0.29, 0.717) is 17.7 Å². The first-order valence-corrected chi connectivity index (χ1v) is 12.1. The third-order valence-corrected chi connectivity index (χ3v) is 6.68. The SMILES string of the molecule is COc1cc(C)c2[nH]c(=O)c3sccc3c2c1-c1ccc(CCN(C)C(=O)OC(C)(C)C)cc1. The molecule has 6 nitrogen and oxygen atoms in total. The van der Waals surface area contributed by atoms with Gasteiger partial charge in [-0.1, -0.05) is 24.3 Å². The lowest BCUT2D eigenvalue weighted by Crippen LogP contribution is -2.35. The second kappa shape index (κ2) is 9.14. The van der Waals surface area contributed by atoms with Crippen LogP contribution in [-0.4, -0.2) is 42.3 Å². The van der Waals surface area contributed by atoms with Crippen molar-refractivity contribution < 1.29 is 14.3 Å². The number of nitrogens with one attached hydrogen (secondary N) is 1. The maximum atomic E-state index is 12.6. The van der Waals surface area contributed by atoms with Crippen LogP contribution >= 0.6 is 11.3 Å². The molecule has 0 spiro atoms. The summed E-state index contributed by atoms with van der Waals surface area (Å²) < 4.78 is 11.9. The van der Waals surface area contributed by atoms with Crippen molar-refractivity contribution in [1.29, 1.82) is 0 Å². The molecule has 178 valence electrons. The molecule has 0 fully saturated rings. The van der Waals surface area contributed by atoms with Crippen molar-refractivity contribution in [1.82, 2.24) is 9.88 Å².